The van der Waals surface area contributed by atoms with Crippen molar-refractivity contribution < 1.29 is 0 Å². The summed E-state index contributed by atoms with van der Waals surface area (Å²) in [5, 5.41) is 13.7. The van der Waals surface area contributed by atoms with E-state index in [2.05, 4.69) is 508 Å². The number of hydrogen-bond acceptors (Lipinski definition) is 4. The van der Waals surface area contributed by atoms with Crippen molar-refractivity contribution in [2.24, 2.45) is 0 Å². The second-order valence-electron chi connectivity index (χ2n) is 32.0. The zero-order chi connectivity index (χ0) is 84.5. The number of anilines is 5. The van der Waals surface area contributed by atoms with E-state index in [4.69, 9.17) is 0 Å². The van der Waals surface area contributed by atoms with Crippen LogP contribution < -0.4 is 10.2 Å². The molecule has 1 N–H and O–H groups in total. The molecular formula is C120H81BrN4S2. The minimum absolute atomic E-state index is 1.09. The number of fused-ring (bicyclic) bond motifs is 14. The summed E-state index contributed by atoms with van der Waals surface area (Å²) >= 11 is 7.48. The van der Waals surface area contributed by atoms with E-state index in [1.807, 2.05) is 34.8 Å². The molecule has 0 aliphatic rings. The van der Waals surface area contributed by atoms with Gasteiger partial charge in [0, 0.05) is 117 Å². The minimum Gasteiger partial charge on any atom is -0.356 e. The second kappa shape index (κ2) is 34.3. The molecule has 4 aromatic heterocycles. The number of hydrogen-bond donors (Lipinski definition) is 1. The van der Waals surface area contributed by atoms with E-state index in [0.717, 1.165) is 38.6 Å². The molecule has 0 fully saturated rings. The van der Waals surface area contributed by atoms with Crippen LogP contribution in [0.3, 0.4) is 0 Å². The molecule has 0 amide bonds. The monoisotopic (exact) mass is 1720 g/mol. The van der Waals surface area contributed by atoms with Gasteiger partial charge in [0.2, 0.25) is 0 Å². The fraction of sp³-hybridized carbons (Fsp3) is 0. The summed E-state index contributed by atoms with van der Waals surface area (Å²) in [5.74, 6) is 0. The van der Waals surface area contributed by atoms with Gasteiger partial charge >= 0.3 is 0 Å². The number of rotatable bonds is 15. The third kappa shape index (κ3) is 15.2. The lowest BCUT2D eigenvalue weighted by molar-refractivity contribution is 1.19. The third-order valence-corrected chi connectivity index (χ3v) is 27.2. The van der Waals surface area contributed by atoms with Gasteiger partial charge in [0.15, 0.2) is 0 Å². The molecule has 0 aliphatic heterocycles. The van der Waals surface area contributed by atoms with Gasteiger partial charge in [-0.05, 0) is 211 Å². The smallest absolute Gasteiger partial charge is 0.0634 e. The summed E-state index contributed by atoms with van der Waals surface area (Å²) in [6.07, 6.45) is 0. The number of benzene rings is 20. The number of para-hydroxylation sites is 2. The van der Waals surface area contributed by atoms with Crippen LogP contribution in [0.2, 0.25) is 0 Å². The van der Waals surface area contributed by atoms with Gasteiger partial charge in [-0.25, -0.2) is 0 Å². The first-order valence-electron chi connectivity index (χ1n) is 43.0. The minimum atomic E-state index is 1.09. The van der Waals surface area contributed by atoms with Gasteiger partial charge in [-0.15, -0.1) is 22.7 Å². The number of halogens is 1. The number of thiophene rings is 2. The van der Waals surface area contributed by atoms with E-state index in [-0.39, 0.29) is 0 Å². The molecule has 4 heterocycles. The predicted octanol–water partition coefficient (Wildman–Crippen LogP) is 35.3. The van der Waals surface area contributed by atoms with Gasteiger partial charge in [0.25, 0.3) is 0 Å². The quantitative estimate of drug-likeness (QED) is 0.111. The average molecular weight is 1720 g/mol. The first-order chi connectivity index (χ1) is 62.9. The Bertz CT molecular complexity index is 7910. The van der Waals surface area contributed by atoms with E-state index in [9.17, 15) is 0 Å². The van der Waals surface area contributed by atoms with Crippen molar-refractivity contribution in [2.45, 2.75) is 0 Å². The lowest BCUT2D eigenvalue weighted by Crippen LogP contribution is -2.10. The average Bonchev–Trinajstić information content (AvgIpc) is 1.55. The van der Waals surface area contributed by atoms with Gasteiger partial charge < -0.3 is 19.4 Å². The normalized spacial score (nSPS) is 11.3. The van der Waals surface area contributed by atoms with Crippen LogP contribution in [0.25, 0.3) is 184 Å². The molecule has 0 radical (unpaired) electrons. The SMILES string of the molecule is Brc1cccc(-c2cc3c4ccccc4n(-c4ccc(-c5ccccc5)cc4)c3c3c2sc2ccccc23)c1.c1ccc(-c2ccc(N(c3ccc(-c4ccccc4)cc3)c3cccc(-c4cc5c6ccccc6n(-c6ccc(-c7ccccc7)cc6)c5c5c4sc4ccccc45)c3)cc2)cc1.c1ccc(-c2ccc(Nc3ccc(-c4ccccc4)cc3)cc2)cc1. The molecule has 0 aliphatic carbocycles. The number of nitrogens with one attached hydrogen (secondary N) is 1. The lowest BCUT2D eigenvalue weighted by Gasteiger charge is -2.26. The summed E-state index contributed by atoms with van der Waals surface area (Å²) in [6, 6.07) is 174. The Balaban J connectivity index is 0.000000126. The fourth-order valence-corrected chi connectivity index (χ4v) is 21.1. The molecule has 0 atom stereocenters. The summed E-state index contributed by atoms with van der Waals surface area (Å²) < 4.78 is 11.3. The molecule has 24 aromatic rings. The van der Waals surface area contributed by atoms with E-state index in [1.54, 1.807) is 0 Å². The van der Waals surface area contributed by atoms with Crippen LogP contribution in [-0.4, -0.2) is 9.13 Å². The molecule has 0 bridgehead atoms. The molecule has 0 unspecified atom stereocenters. The van der Waals surface area contributed by atoms with Crippen molar-refractivity contribution in [1.29, 1.82) is 0 Å². The number of aromatic nitrogens is 2. The topological polar surface area (TPSA) is 25.1 Å². The molecule has 600 valence electrons. The van der Waals surface area contributed by atoms with E-state index in [1.165, 1.54) is 179 Å². The molecule has 0 spiro atoms. The van der Waals surface area contributed by atoms with Gasteiger partial charge in [-0.3, -0.25) is 0 Å². The van der Waals surface area contributed by atoms with Gasteiger partial charge in [0.05, 0.1) is 22.1 Å². The van der Waals surface area contributed by atoms with E-state index < -0.39 is 0 Å². The Morgan fingerprint density at radius 1 is 0.213 bits per heavy atom. The van der Waals surface area contributed by atoms with Gasteiger partial charge in [0.1, 0.15) is 0 Å². The predicted molar refractivity (Wildman–Crippen MR) is 549 cm³/mol. The zero-order valence-corrected chi connectivity index (χ0v) is 72.4. The Morgan fingerprint density at radius 2 is 0.496 bits per heavy atom. The summed E-state index contributed by atoms with van der Waals surface area (Å²) in [7, 11) is 0. The Hall–Kier alpha value is -15.5. The maximum atomic E-state index is 3.70. The molecule has 20 aromatic carbocycles. The van der Waals surface area contributed by atoms with Crippen LogP contribution in [0.5, 0.6) is 0 Å². The van der Waals surface area contributed by atoms with E-state index in [0.29, 0.717) is 0 Å². The first-order valence-corrected chi connectivity index (χ1v) is 45.4. The largest absolute Gasteiger partial charge is 0.356 e. The van der Waals surface area contributed by atoms with Crippen molar-refractivity contribution in [3.63, 3.8) is 0 Å². The van der Waals surface area contributed by atoms with Crippen molar-refractivity contribution in [2.75, 3.05) is 10.2 Å². The van der Waals surface area contributed by atoms with Crippen molar-refractivity contribution in [1.82, 2.24) is 9.13 Å². The van der Waals surface area contributed by atoms with Crippen LogP contribution in [0.1, 0.15) is 0 Å². The highest BCUT2D eigenvalue weighted by atomic mass is 79.9. The molecule has 127 heavy (non-hydrogen) atoms. The Morgan fingerprint density at radius 3 is 0.850 bits per heavy atom. The van der Waals surface area contributed by atoms with E-state index >= 15 is 0 Å². The molecule has 0 saturated carbocycles. The lowest BCUT2D eigenvalue weighted by atomic mass is 9.98. The number of nitrogens with zero attached hydrogens (tertiary/aromatic N) is 3. The molecular weight excluding hydrogens is 1640 g/mol. The molecule has 0 saturated heterocycles. The fourth-order valence-electron chi connectivity index (χ4n) is 18.2. The van der Waals surface area contributed by atoms with Crippen LogP contribution in [0.15, 0.2) is 490 Å². The van der Waals surface area contributed by atoms with Crippen LogP contribution in [0.4, 0.5) is 28.4 Å². The molecule has 7 heteroatoms. The van der Waals surface area contributed by atoms with Gasteiger partial charge in [-0.2, -0.15) is 0 Å². The highest BCUT2D eigenvalue weighted by Gasteiger charge is 2.26. The molecule has 4 nitrogen and oxygen atoms in total. The van der Waals surface area contributed by atoms with Crippen LogP contribution in [0, 0.1) is 0 Å². The standard InChI is InChI=1S/C60H40N2S.C36H22BrNS.C24H19N/c1-4-15-41(16-5-1)44-27-33-48(34-28-44)61(49-35-29-45(30-36-49)42-17-6-2-7-18-42)51-22-14-21-47(39-51)54-40-55-52-23-10-12-25-56(52)62(50-37-31-46(32-38-50)43-19-8-3-9-20-43)59(55)58-53-24-11-13-26-57(53)63-60(54)58;37-26-12-8-11-25(21-26)30-22-31-28-13-4-6-15-32(28)38(27-19-17-24(18-20-27)23-9-2-1-3-10-23)35(31)34-29-14-5-7-16-33(29)39-36(30)34;1-3-7-19(8-4-1)21-11-15-23(16-12-21)25-24-17-13-22(14-18-24)20-9-5-2-6-10-20/h1-40H;1-22H;1-18,25H. The maximum Gasteiger partial charge on any atom is 0.0634 e. The highest BCUT2D eigenvalue weighted by Crippen LogP contribution is 2.51. The zero-order valence-electron chi connectivity index (χ0n) is 69.2. The van der Waals surface area contributed by atoms with Crippen LogP contribution >= 0.6 is 38.6 Å². The second-order valence-corrected chi connectivity index (χ2v) is 35.0. The Labute approximate surface area is 754 Å². The first kappa shape index (κ1) is 77.6. The highest BCUT2D eigenvalue weighted by molar-refractivity contribution is 9.10. The van der Waals surface area contributed by atoms with Crippen molar-refractivity contribution in [3.05, 3.63) is 490 Å². The molecule has 24 rings (SSSR count). The summed E-state index contributed by atoms with van der Waals surface area (Å²) in [4.78, 5) is 2.39. The Kier molecular flexibility index (Phi) is 21.0. The van der Waals surface area contributed by atoms with Crippen molar-refractivity contribution in [3.8, 4) is 100 Å². The maximum absolute atomic E-state index is 3.70. The summed E-state index contributed by atoms with van der Waals surface area (Å²) in [6.45, 7) is 0. The summed E-state index contributed by atoms with van der Waals surface area (Å²) in [5.41, 5.74) is 32.3. The van der Waals surface area contributed by atoms with Crippen LogP contribution in [-0.2, 0) is 0 Å². The third-order valence-electron chi connectivity index (χ3n) is 24.3. The van der Waals surface area contributed by atoms with Crippen molar-refractivity contribution >= 4 is 151 Å². The van der Waals surface area contributed by atoms with Gasteiger partial charge in [-0.1, -0.05) is 368 Å².